The molecule has 0 aliphatic carbocycles. The van der Waals surface area contributed by atoms with Gasteiger partial charge in [-0.05, 0) is 38.4 Å². The van der Waals surface area contributed by atoms with Crippen molar-refractivity contribution >= 4 is 11.5 Å². The van der Waals surface area contributed by atoms with Crippen molar-refractivity contribution in [2.75, 3.05) is 11.9 Å². The van der Waals surface area contributed by atoms with Gasteiger partial charge >= 0.3 is 0 Å². The van der Waals surface area contributed by atoms with Crippen LogP contribution in [0.3, 0.4) is 0 Å². The fraction of sp³-hybridized carbons (Fsp3) is 0.353. The summed E-state index contributed by atoms with van der Waals surface area (Å²) in [5.41, 5.74) is 2.06. The van der Waals surface area contributed by atoms with Crippen LogP contribution in [0.5, 0.6) is 0 Å². The van der Waals surface area contributed by atoms with Crippen molar-refractivity contribution in [3.05, 3.63) is 42.7 Å². The molecule has 0 aromatic carbocycles. The summed E-state index contributed by atoms with van der Waals surface area (Å²) in [4.78, 5) is 13.2. The maximum atomic E-state index is 13.5. The Morgan fingerprint density at radius 3 is 3.08 bits per heavy atom. The second-order valence-corrected chi connectivity index (χ2v) is 6.14. The third-order valence-corrected chi connectivity index (χ3v) is 4.46. The van der Waals surface area contributed by atoms with E-state index in [0.717, 1.165) is 30.9 Å². The summed E-state index contributed by atoms with van der Waals surface area (Å²) >= 11 is 0. The number of anilines is 1. The minimum absolute atomic E-state index is 0.314. The summed E-state index contributed by atoms with van der Waals surface area (Å²) in [5.74, 6) is 0.408. The number of fused-ring (bicyclic) bond motifs is 1. The van der Waals surface area contributed by atoms with Gasteiger partial charge in [-0.2, -0.15) is 0 Å². The summed E-state index contributed by atoms with van der Waals surface area (Å²) in [5, 5.41) is 6.91. The fourth-order valence-electron chi connectivity index (χ4n) is 3.13. The number of nitrogens with one attached hydrogen (secondary N) is 2. The minimum Gasteiger partial charge on any atom is -0.364 e. The molecule has 1 fully saturated rings. The van der Waals surface area contributed by atoms with Gasteiger partial charge in [-0.1, -0.05) is 0 Å². The lowest BCUT2D eigenvalue weighted by atomic mass is 10.00. The van der Waals surface area contributed by atoms with Crippen molar-refractivity contribution < 1.29 is 4.39 Å². The van der Waals surface area contributed by atoms with Gasteiger partial charge in [-0.25, -0.2) is 14.4 Å². The number of piperidine rings is 1. The average Bonchev–Trinajstić information content (AvgIpc) is 3.00. The molecule has 0 radical (unpaired) electrons. The number of aromatic nitrogens is 4. The normalized spacial score (nSPS) is 21.1. The molecule has 7 heteroatoms. The van der Waals surface area contributed by atoms with Crippen LogP contribution < -0.4 is 10.6 Å². The molecule has 0 saturated carbocycles. The second-order valence-electron chi connectivity index (χ2n) is 6.14. The number of imidazole rings is 1. The van der Waals surface area contributed by atoms with E-state index in [2.05, 4.69) is 32.5 Å². The fourth-order valence-corrected chi connectivity index (χ4v) is 3.13. The van der Waals surface area contributed by atoms with Crippen LogP contribution in [0.2, 0.25) is 0 Å². The average molecular weight is 326 g/mol. The van der Waals surface area contributed by atoms with Crippen LogP contribution in [0, 0.1) is 5.82 Å². The maximum absolute atomic E-state index is 13.5. The van der Waals surface area contributed by atoms with Gasteiger partial charge in [0.25, 0.3) is 0 Å². The Kier molecular flexibility index (Phi) is 3.86. The number of hydrogen-bond acceptors (Lipinski definition) is 5. The predicted octanol–water partition coefficient (Wildman–Crippen LogP) is 2.48. The Morgan fingerprint density at radius 2 is 2.21 bits per heavy atom. The van der Waals surface area contributed by atoms with E-state index in [1.807, 2.05) is 0 Å². The molecule has 124 valence electrons. The zero-order valence-corrected chi connectivity index (χ0v) is 13.4. The molecule has 0 unspecified atom stereocenters. The highest BCUT2D eigenvalue weighted by Crippen LogP contribution is 2.21. The lowest BCUT2D eigenvalue weighted by molar-refractivity contribution is 0.388. The van der Waals surface area contributed by atoms with Gasteiger partial charge in [0.15, 0.2) is 0 Å². The van der Waals surface area contributed by atoms with Crippen molar-refractivity contribution in [1.29, 1.82) is 0 Å². The first-order valence-electron chi connectivity index (χ1n) is 8.16. The van der Waals surface area contributed by atoms with E-state index < -0.39 is 0 Å². The first-order chi connectivity index (χ1) is 11.7. The topological polar surface area (TPSA) is 67.1 Å². The smallest absolute Gasteiger partial charge is 0.145 e. The molecular formula is C17H19FN6. The van der Waals surface area contributed by atoms with Crippen LogP contribution in [0.4, 0.5) is 10.2 Å². The molecule has 3 aromatic rings. The van der Waals surface area contributed by atoms with E-state index in [1.54, 1.807) is 29.1 Å². The molecule has 3 aromatic heterocycles. The zero-order valence-electron chi connectivity index (χ0n) is 13.4. The van der Waals surface area contributed by atoms with Crippen LogP contribution in [-0.2, 0) is 0 Å². The molecule has 4 rings (SSSR count). The lowest BCUT2D eigenvalue weighted by Crippen LogP contribution is -2.46. The highest BCUT2D eigenvalue weighted by molar-refractivity contribution is 5.60. The quantitative estimate of drug-likeness (QED) is 0.774. The van der Waals surface area contributed by atoms with Crippen molar-refractivity contribution in [3.63, 3.8) is 0 Å². The maximum Gasteiger partial charge on any atom is 0.145 e. The molecule has 2 atom stereocenters. The summed E-state index contributed by atoms with van der Waals surface area (Å²) in [7, 11) is 0. The number of hydrogen-bond donors (Lipinski definition) is 2. The monoisotopic (exact) mass is 326 g/mol. The predicted molar refractivity (Wildman–Crippen MR) is 90.3 cm³/mol. The van der Waals surface area contributed by atoms with Crippen LogP contribution >= 0.6 is 0 Å². The van der Waals surface area contributed by atoms with Gasteiger partial charge in [0, 0.05) is 18.3 Å². The van der Waals surface area contributed by atoms with E-state index in [-0.39, 0.29) is 5.82 Å². The molecule has 0 bridgehead atoms. The third-order valence-electron chi connectivity index (χ3n) is 4.46. The molecular weight excluding hydrogens is 307 g/mol. The number of pyridine rings is 1. The number of halogens is 1. The van der Waals surface area contributed by atoms with E-state index in [0.29, 0.717) is 23.4 Å². The first kappa shape index (κ1) is 15.0. The van der Waals surface area contributed by atoms with E-state index in [9.17, 15) is 4.39 Å². The molecule has 0 spiro atoms. The molecule has 24 heavy (non-hydrogen) atoms. The Hall–Kier alpha value is -2.54. The van der Waals surface area contributed by atoms with Gasteiger partial charge in [0.2, 0.25) is 0 Å². The number of rotatable bonds is 3. The van der Waals surface area contributed by atoms with Crippen molar-refractivity contribution in [3.8, 4) is 11.4 Å². The molecule has 6 nitrogen and oxygen atoms in total. The van der Waals surface area contributed by atoms with Crippen LogP contribution in [0.25, 0.3) is 17.0 Å². The molecule has 1 saturated heterocycles. The zero-order chi connectivity index (χ0) is 16.5. The Labute approximate surface area is 139 Å². The molecule has 1 aliphatic rings. The summed E-state index contributed by atoms with van der Waals surface area (Å²) in [6.45, 7) is 3.22. The van der Waals surface area contributed by atoms with Gasteiger partial charge in [0.1, 0.15) is 23.0 Å². The van der Waals surface area contributed by atoms with Crippen molar-refractivity contribution in [2.45, 2.75) is 31.8 Å². The van der Waals surface area contributed by atoms with Crippen LogP contribution in [0.1, 0.15) is 19.8 Å². The number of nitrogens with zero attached hydrogens (tertiary/aromatic N) is 4. The first-order valence-corrected chi connectivity index (χ1v) is 8.16. The molecule has 4 heterocycles. The minimum atomic E-state index is -0.314. The van der Waals surface area contributed by atoms with Gasteiger partial charge < -0.3 is 10.6 Å². The summed E-state index contributed by atoms with van der Waals surface area (Å²) in [6.07, 6.45) is 8.72. The van der Waals surface area contributed by atoms with Crippen LogP contribution in [-0.4, -0.2) is 38.0 Å². The van der Waals surface area contributed by atoms with Gasteiger partial charge in [-0.3, -0.25) is 9.38 Å². The second kappa shape index (κ2) is 6.16. The highest BCUT2D eigenvalue weighted by atomic mass is 19.1. The SMILES string of the molecule is C[C@@H]1NCCC[C@H]1Nc1cncc(-c2cnc3ccc(F)cn23)n1. The van der Waals surface area contributed by atoms with E-state index >= 15 is 0 Å². The molecule has 0 amide bonds. The largest absolute Gasteiger partial charge is 0.364 e. The van der Waals surface area contributed by atoms with Crippen LogP contribution in [0.15, 0.2) is 36.9 Å². The Morgan fingerprint density at radius 1 is 1.29 bits per heavy atom. The van der Waals surface area contributed by atoms with E-state index in [4.69, 9.17) is 0 Å². The lowest BCUT2D eigenvalue weighted by Gasteiger charge is -2.30. The summed E-state index contributed by atoms with van der Waals surface area (Å²) < 4.78 is 15.2. The van der Waals surface area contributed by atoms with Crippen molar-refractivity contribution in [1.82, 2.24) is 24.7 Å². The standard InChI is InChI=1S/C17H19FN6/c1-11-13(3-2-6-20-11)22-16-9-19-7-14(23-16)15-8-21-17-5-4-12(18)10-24(15)17/h4-5,7-11,13,20H,2-3,6H2,1H3,(H,22,23)/t11-,13+/m0/s1. The Bertz CT molecular complexity index is 861. The molecule has 2 N–H and O–H groups in total. The molecule has 1 aliphatic heterocycles. The van der Waals surface area contributed by atoms with E-state index in [1.165, 1.54) is 12.3 Å². The highest BCUT2D eigenvalue weighted by Gasteiger charge is 2.21. The van der Waals surface area contributed by atoms with Crippen molar-refractivity contribution in [2.24, 2.45) is 0 Å². The van der Waals surface area contributed by atoms with Gasteiger partial charge in [0.05, 0.1) is 24.3 Å². The summed E-state index contributed by atoms with van der Waals surface area (Å²) in [6, 6.07) is 3.74. The Balaban J connectivity index is 1.65. The third kappa shape index (κ3) is 2.82. The van der Waals surface area contributed by atoms with Gasteiger partial charge in [-0.15, -0.1) is 0 Å².